The van der Waals surface area contributed by atoms with Gasteiger partial charge in [0, 0.05) is 16.9 Å². The van der Waals surface area contributed by atoms with E-state index in [1.807, 2.05) is 0 Å². The minimum atomic E-state index is -2.89. The van der Waals surface area contributed by atoms with Crippen LogP contribution in [0, 0.1) is 5.41 Å². The van der Waals surface area contributed by atoms with E-state index in [2.05, 4.69) is 207 Å². The van der Waals surface area contributed by atoms with Gasteiger partial charge < -0.3 is 13.9 Å². The molecule has 0 fully saturated rings. The standard InChI is InChI=1S/C48H56O3Si/c1-45(2,3)47(7,8)50-42-33-23-32-41(43(37-24-13-9-14-25-37)38-26-15-10-16-27-38)44(42)49-36-48(34-21-22-35-48)51-52(46(4,5)6,39-28-17-11-18-29-39)40-30-19-12-20-31-40/h9-33,43H,34-36H2,1-8H3. The van der Waals surface area contributed by atoms with Gasteiger partial charge in [0.1, 0.15) is 12.2 Å². The number of benzene rings is 5. The fourth-order valence-corrected chi connectivity index (χ4v) is 12.2. The van der Waals surface area contributed by atoms with Crippen molar-refractivity contribution in [2.45, 2.75) is 90.4 Å². The molecule has 4 heteroatoms. The molecule has 1 aliphatic rings. The largest absolute Gasteiger partial charge is 0.486 e. The molecule has 0 aliphatic heterocycles. The molecule has 5 aromatic carbocycles. The van der Waals surface area contributed by atoms with E-state index in [9.17, 15) is 0 Å². The summed E-state index contributed by atoms with van der Waals surface area (Å²) in [5, 5.41) is 2.37. The van der Waals surface area contributed by atoms with E-state index < -0.39 is 19.5 Å². The molecule has 0 heterocycles. The summed E-state index contributed by atoms with van der Waals surface area (Å²) in [6, 6.07) is 49.7. The van der Waals surface area contributed by atoms with E-state index in [-0.39, 0.29) is 16.4 Å². The van der Waals surface area contributed by atoms with Gasteiger partial charge in [0.25, 0.3) is 8.32 Å². The summed E-state index contributed by atoms with van der Waals surface area (Å²) < 4.78 is 22.3. The Balaban J connectivity index is 1.50. The molecule has 270 valence electrons. The van der Waals surface area contributed by atoms with E-state index in [1.165, 1.54) is 21.5 Å². The van der Waals surface area contributed by atoms with E-state index in [0.717, 1.165) is 29.9 Å². The Labute approximate surface area is 313 Å². The fourth-order valence-electron chi connectivity index (χ4n) is 7.35. The lowest BCUT2D eigenvalue weighted by Gasteiger charge is -2.48. The van der Waals surface area contributed by atoms with Crippen molar-refractivity contribution >= 4 is 18.7 Å². The number of rotatable bonds is 12. The van der Waals surface area contributed by atoms with Gasteiger partial charge in [-0.15, -0.1) is 0 Å². The maximum absolute atomic E-state index is 7.92. The molecule has 5 aromatic rings. The third kappa shape index (κ3) is 7.56. The molecule has 0 bridgehead atoms. The first kappa shape index (κ1) is 37.4. The number of hydrogen-bond donors (Lipinski definition) is 0. The van der Waals surface area contributed by atoms with Crippen LogP contribution in [0.5, 0.6) is 11.5 Å². The van der Waals surface area contributed by atoms with Gasteiger partial charge in [0.05, 0.1) is 5.60 Å². The average molecular weight is 709 g/mol. The van der Waals surface area contributed by atoms with Gasteiger partial charge in [-0.3, -0.25) is 0 Å². The van der Waals surface area contributed by atoms with Crippen molar-refractivity contribution in [3.63, 3.8) is 0 Å². The summed E-state index contributed by atoms with van der Waals surface area (Å²) in [6.07, 6.45) is 6.07. The summed E-state index contributed by atoms with van der Waals surface area (Å²) in [6.45, 7) is 18.4. The van der Waals surface area contributed by atoms with Crippen molar-refractivity contribution in [2.24, 2.45) is 5.41 Å². The molecule has 0 saturated carbocycles. The van der Waals surface area contributed by atoms with Gasteiger partial charge >= 0.3 is 0 Å². The summed E-state index contributed by atoms with van der Waals surface area (Å²) in [5.41, 5.74) is 2.30. The first-order valence-electron chi connectivity index (χ1n) is 18.8. The lowest BCUT2D eigenvalue weighted by molar-refractivity contribution is -0.00725. The molecular formula is C48H56O3Si. The predicted molar refractivity (Wildman–Crippen MR) is 220 cm³/mol. The maximum Gasteiger partial charge on any atom is 0.262 e. The van der Waals surface area contributed by atoms with Crippen LogP contribution >= 0.6 is 0 Å². The molecular weight excluding hydrogens is 653 g/mol. The topological polar surface area (TPSA) is 27.7 Å². The quantitative estimate of drug-likeness (QED) is 0.0734. The van der Waals surface area contributed by atoms with Crippen LogP contribution in [0.15, 0.2) is 152 Å². The molecule has 52 heavy (non-hydrogen) atoms. The van der Waals surface area contributed by atoms with Crippen LogP contribution in [0.3, 0.4) is 0 Å². The SMILES string of the molecule is CC(C)(C)C(C)(C)Oc1cccc(C(c2ccccc2)c2ccccc2)c1OCC1(O[Si](c2ccccc2)(c2ccccc2)C(C)(C)C)CC=CC1. The highest BCUT2D eigenvalue weighted by Gasteiger charge is 2.55. The van der Waals surface area contributed by atoms with Crippen molar-refractivity contribution in [3.8, 4) is 11.5 Å². The Morgan fingerprint density at radius 1 is 0.577 bits per heavy atom. The zero-order valence-electron chi connectivity index (χ0n) is 32.4. The monoisotopic (exact) mass is 708 g/mol. The first-order chi connectivity index (χ1) is 24.8. The van der Waals surface area contributed by atoms with Crippen LogP contribution in [0.4, 0.5) is 0 Å². The molecule has 0 N–H and O–H groups in total. The van der Waals surface area contributed by atoms with E-state index in [0.29, 0.717) is 6.61 Å². The number of para-hydroxylation sites is 1. The molecule has 0 aromatic heterocycles. The molecule has 0 unspecified atom stereocenters. The Kier molecular flexibility index (Phi) is 10.7. The first-order valence-corrected chi connectivity index (χ1v) is 20.7. The van der Waals surface area contributed by atoms with Crippen LogP contribution in [-0.4, -0.2) is 26.1 Å². The second-order valence-electron chi connectivity index (χ2n) is 16.9. The highest BCUT2D eigenvalue weighted by molar-refractivity contribution is 6.99. The molecule has 6 rings (SSSR count). The highest BCUT2D eigenvalue weighted by atomic mass is 28.4. The Hall–Kier alpha value is -4.38. The Bertz CT molecular complexity index is 1830. The molecule has 0 spiro atoms. The lowest BCUT2D eigenvalue weighted by atomic mass is 9.79. The third-order valence-corrected chi connectivity index (χ3v) is 16.3. The van der Waals surface area contributed by atoms with Crippen LogP contribution in [0.25, 0.3) is 0 Å². The lowest BCUT2D eigenvalue weighted by Crippen LogP contribution is -2.70. The molecule has 0 atom stereocenters. The maximum atomic E-state index is 7.92. The van der Waals surface area contributed by atoms with Crippen molar-refractivity contribution in [3.05, 3.63) is 168 Å². The Morgan fingerprint density at radius 3 is 1.48 bits per heavy atom. The van der Waals surface area contributed by atoms with Crippen LogP contribution in [0.2, 0.25) is 5.04 Å². The van der Waals surface area contributed by atoms with Crippen LogP contribution in [0.1, 0.15) is 90.8 Å². The van der Waals surface area contributed by atoms with Gasteiger partial charge in [0.15, 0.2) is 11.5 Å². The van der Waals surface area contributed by atoms with E-state index >= 15 is 0 Å². The average Bonchev–Trinajstić information content (AvgIpc) is 3.59. The van der Waals surface area contributed by atoms with Gasteiger partial charge in [-0.25, -0.2) is 0 Å². The minimum Gasteiger partial charge on any atom is -0.486 e. The zero-order chi connectivity index (χ0) is 37.0. The zero-order valence-corrected chi connectivity index (χ0v) is 33.4. The van der Waals surface area contributed by atoms with Crippen molar-refractivity contribution in [2.75, 3.05) is 6.61 Å². The van der Waals surface area contributed by atoms with Crippen LogP contribution < -0.4 is 19.8 Å². The van der Waals surface area contributed by atoms with Gasteiger partial charge in [-0.05, 0) is 59.3 Å². The highest BCUT2D eigenvalue weighted by Crippen LogP contribution is 2.47. The van der Waals surface area contributed by atoms with Crippen molar-refractivity contribution in [1.29, 1.82) is 0 Å². The number of ether oxygens (including phenoxy) is 2. The van der Waals surface area contributed by atoms with E-state index in [4.69, 9.17) is 13.9 Å². The van der Waals surface area contributed by atoms with Gasteiger partial charge in [0.2, 0.25) is 0 Å². The van der Waals surface area contributed by atoms with E-state index in [1.54, 1.807) is 0 Å². The third-order valence-electron chi connectivity index (χ3n) is 11.2. The van der Waals surface area contributed by atoms with Crippen molar-refractivity contribution in [1.82, 2.24) is 0 Å². The minimum absolute atomic E-state index is 0.0612. The molecule has 3 nitrogen and oxygen atoms in total. The fraction of sp³-hybridized carbons (Fsp3) is 0.333. The normalized spacial score (nSPS) is 14.8. The molecule has 0 amide bonds. The van der Waals surface area contributed by atoms with Crippen molar-refractivity contribution < 1.29 is 13.9 Å². The molecule has 0 radical (unpaired) electrons. The van der Waals surface area contributed by atoms with Crippen LogP contribution in [-0.2, 0) is 4.43 Å². The summed E-state index contributed by atoms with van der Waals surface area (Å²) >= 11 is 0. The summed E-state index contributed by atoms with van der Waals surface area (Å²) in [4.78, 5) is 0. The van der Waals surface area contributed by atoms with Gasteiger partial charge in [-0.1, -0.05) is 187 Å². The summed E-state index contributed by atoms with van der Waals surface area (Å²) in [5.74, 6) is 1.46. The number of hydrogen-bond acceptors (Lipinski definition) is 3. The second kappa shape index (κ2) is 14.9. The molecule has 0 saturated heterocycles. The Morgan fingerprint density at radius 2 is 1.04 bits per heavy atom. The predicted octanol–water partition coefficient (Wildman–Crippen LogP) is 11.1. The molecule has 1 aliphatic carbocycles. The van der Waals surface area contributed by atoms with Gasteiger partial charge in [-0.2, -0.15) is 0 Å². The second-order valence-corrected chi connectivity index (χ2v) is 21.1. The summed E-state index contributed by atoms with van der Waals surface area (Å²) in [7, 11) is -2.89. The smallest absolute Gasteiger partial charge is 0.262 e.